The van der Waals surface area contributed by atoms with Gasteiger partial charge in [0.05, 0.1) is 11.5 Å². The Labute approximate surface area is 141 Å². The fourth-order valence-electron chi connectivity index (χ4n) is 6.23. The van der Waals surface area contributed by atoms with Crippen LogP contribution in [0.25, 0.3) is 0 Å². The summed E-state index contributed by atoms with van der Waals surface area (Å²) in [6.45, 7) is 0. The van der Waals surface area contributed by atoms with Crippen molar-refractivity contribution in [2.75, 3.05) is 0 Å². The third-order valence-electron chi connectivity index (χ3n) is 6.80. The molecule has 6 bridgehead atoms. The van der Waals surface area contributed by atoms with Gasteiger partial charge >= 0.3 is 24.7 Å². The molecule has 1 heterocycles. The zero-order chi connectivity index (χ0) is 20.8. The van der Waals surface area contributed by atoms with Gasteiger partial charge < -0.3 is 9.84 Å². The Balaban J connectivity index is 1.88. The number of hydrogen-bond acceptors (Lipinski definition) is 2. The van der Waals surface area contributed by atoms with Crippen molar-refractivity contribution in [1.82, 2.24) is 0 Å². The lowest BCUT2D eigenvalue weighted by Crippen LogP contribution is -2.69. The van der Waals surface area contributed by atoms with Crippen molar-refractivity contribution in [3.8, 4) is 0 Å². The highest BCUT2D eigenvalue weighted by molar-refractivity contribution is 5.43. The predicted molar refractivity (Wildman–Crippen MR) is 57.8 cm³/mol. The lowest BCUT2D eigenvalue weighted by molar-refractivity contribution is -0.428. The summed E-state index contributed by atoms with van der Waals surface area (Å²) in [5.74, 6) is -8.52. The lowest BCUT2D eigenvalue weighted by Gasteiger charge is -2.46. The molecule has 6 unspecified atom stereocenters. The van der Waals surface area contributed by atoms with Crippen LogP contribution >= 0.6 is 0 Å². The van der Waals surface area contributed by atoms with Gasteiger partial charge in [-0.2, -0.15) is 52.7 Å². The maximum Gasteiger partial charge on any atom is 0.426 e. The molecule has 1 aliphatic heterocycles. The van der Waals surface area contributed by atoms with Crippen molar-refractivity contribution < 1.29 is 62.5 Å². The molecule has 4 saturated carbocycles. The van der Waals surface area contributed by atoms with Crippen molar-refractivity contribution >= 4 is 0 Å². The summed E-state index contributed by atoms with van der Waals surface area (Å²) in [6, 6.07) is 0. The number of aliphatic hydroxyl groups is 1. The van der Waals surface area contributed by atoms with Gasteiger partial charge in [0.2, 0.25) is 0 Å². The van der Waals surface area contributed by atoms with Crippen LogP contribution in [-0.4, -0.2) is 47.1 Å². The van der Waals surface area contributed by atoms with Gasteiger partial charge in [0, 0.05) is 5.92 Å². The third kappa shape index (κ3) is 1.61. The fraction of sp³-hybridized carbons (Fsp3) is 1.00. The van der Waals surface area contributed by atoms with Gasteiger partial charge in [-0.25, -0.2) is 0 Å². The monoisotopic (exact) mass is 424 g/mol. The number of alkyl halides is 12. The Kier molecular flexibility index (Phi) is 3.10. The molecule has 1 N–H and O–H groups in total. The van der Waals surface area contributed by atoms with Crippen LogP contribution in [0.1, 0.15) is 6.42 Å². The molecule has 0 aromatic carbocycles. The molecule has 14 heteroatoms. The van der Waals surface area contributed by atoms with Crippen LogP contribution in [0.3, 0.4) is 0 Å². The van der Waals surface area contributed by atoms with E-state index in [0.717, 1.165) is 0 Å². The second-order valence-corrected chi connectivity index (χ2v) is 7.47. The molecule has 1 saturated heterocycles. The number of hydrogen-bond donors (Lipinski definition) is 1. The first-order chi connectivity index (χ1) is 11.8. The molecular weight excluding hydrogens is 416 g/mol. The van der Waals surface area contributed by atoms with Gasteiger partial charge in [0.25, 0.3) is 11.2 Å². The molecule has 4 aliphatic carbocycles. The highest BCUT2D eigenvalue weighted by Crippen LogP contribution is 2.93. The highest BCUT2D eigenvalue weighted by atomic mass is 19.4. The molecule has 0 amide bonds. The van der Waals surface area contributed by atoms with Crippen LogP contribution in [0.15, 0.2) is 0 Å². The molecular formula is C13H8F12O2. The Morgan fingerprint density at radius 3 is 1.52 bits per heavy atom. The van der Waals surface area contributed by atoms with E-state index in [1.165, 1.54) is 0 Å². The van der Waals surface area contributed by atoms with E-state index in [-0.39, 0.29) is 0 Å². The van der Waals surface area contributed by atoms with Crippen LogP contribution in [0, 0.1) is 29.1 Å². The summed E-state index contributed by atoms with van der Waals surface area (Å²) in [6.07, 6.45) is -28.3. The SMILES string of the molecule is OC(C(F)(F)F)(C(F)(F)F)C12C3CC4C1OC(C(F)(F)F)(C(F)(F)F)C4C32. The normalized spacial score (nSPS) is 42.8. The van der Waals surface area contributed by atoms with Crippen molar-refractivity contribution in [3.05, 3.63) is 0 Å². The summed E-state index contributed by atoms with van der Waals surface area (Å²) in [7, 11) is 0. The van der Waals surface area contributed by atoms with E-state index in [0.29, 0.717) is 0 Å². The Hall–Kier alpha value is -0.920. The minimum Gasteiger partial charge on any atom is -0.373 e. The first kappa shape index (κ1) is 19.4. The Morgan fingerprint density at radius 2 is 1.19 bits per heavy atom. The highest BCUT2D eigenvalue weighted by Gasteiger charge is 3.05. The van der Waals surface area contributed by atoms with Crippen molar-refractivity contribution in [1.29, 1.82) is 0 Å². The second-order valence-electron chi connectivity index (χ2n) is 7.47. The third-order valence-corrected chi connectivity index (χ3v) is 6.80. The number of ether oxygens (including phenoxy) is 1. The van der Waals surface area contributed by atoms with Crippen molar-refractivity contribution in [2.24, 2.45) is 29.1 Å². The van der Waals surface area contributed by atoms with Crippen molar-refractivity contribution in [3.63, 3.8) is 0 Å². The van der Waals surface area contributed by atoms with Crippen LogP contribution < -0.4 is 0 Å². The lowest BCUT2D eigenvalue weighted by atomic mass is 9.75. The summed E-state index contributed by atoms with van der Waals surface area (Å²) >= 11 is 0. The Morgan fingerprint density at radius 1 is 0.741 bits per heavy atom. The van der Waals surface area contributed by atoms with E-state index in [9.17, 15) is 57.8 Å². The van der Waals surface area contributed by atoms with E-state index in [1.54, 1.807) is 0 Å². The maximum absolute atomic E-state index is 13.3. The summed E-state index contributed by atoms with van der Waals surface area (Å²) in [4.78, 5) is 0. The first-order valence-electron chi connectivity index (χ1n) is 7.49. The maximum atomic E-state index is 13.3. The van der Waals surface area contributed by atoms with Crippen LogP contribution in [-0.2, 0) is 4.74 Å². The molecule has 0 spiro atoms. The van der Waals surface area contributed by atoms with E-state index >= 15 is 0 Å². The average Bonchev–Trinajstić information content (AvgIpc) is 2.79. The fourth-order valence-corrected chi connectivity index (χ4v) is 6.23. The second kappa shape index (κ2) is 4.31. The van der Waals surface area contributed by atoms with Gasteiger partial charge in [-0.3, -0.25) is 0 Å². The summed E-state index contributed by atoms with van der Waals surface area (Å²) in [5, 5.41) is 9.69. The molecule has 0 aromatic rings. The summed E-state index contributed by atoms with van der Waals surface area (Å²) < 4.78 is 163. The largest absolute Gasteiger partial charge is 0.426 e. The summed E-state index contributed by atoms with van der Waals surface area (Å²) in [5.41, 5.74) is -13.6. The molecule has 5 aliphatic rings. The average molecular weight is 424 g/mol. The quantitative estimate of drug-likeness (QED) is 0.646. The molecule has 27 heavy (non-hydrogen) atoms. The molecule has 0 radical (unpaired) electrons. The topological polar surface area (TPSA) is 29.5 Å². The van der Waals surface area contributed by atoms with E-state index < -0.39 is 77.5 Å². The zero-order valence-electron chi connectivity index (χ0n) is 12.5. The smallest absolute Gasteiger partial charge is 0.373 e. The molecule has 5 fully saturated rings. The number of halogens is 12. The first-order valence-corrected chi connectivity index (χ1v) is 7.49. The molecule has 0 aromatic heterocycles. The minimum absolute atomic E-state index is 0.734. The van der Waals surface area contributed by atoms with Gasteiger partial charge in [-0.05, 0) is 24.2 Å². The predicted octanol–water partition coefficient (Wildman–Crippen LogP) is 3.99. The zero-order valence-corrected chi connectivity index (χ0v) is 12.5. The molecule has 6 atom stereocenters. The van der Waals surface area contributed by atoms with E-state index in [2.05, 4.69) is 4.74 Å². The van der Waals surface area contributed by atoms with E-state index in [1.807, 2.05) is 0 Å². The van der Waals surface area contributed by atoms with Gasteiger partial charge in [-0.1, -0.05) is 0 Å². The Bertz CT molecular complexity index is 659. The van der Waals surface area contributed by atoms with Gasteiger partial charge in [0.15, 0.2) is 0 Å². The molecule has 5 rings (SSSR count). The van der Waals surface area contributed by atoms with E-state index in [4.69, 9.17) is 0 Å². The van der Waals surface area contributed by atoms with Gasteiger partial charge in [0.1, 0.15) is 0 Å². The standard InChI is InChI=1S/C13H8F12O2/c14-10(15,16)8(11(17,18)19)4-2-1-3-5(4)7(3,6(2)27-8)9(26,12(20,21)22)13(23,24)25/h2-6,26H,1H2. The molecule has 156 valence electrons. The minimum atomic E-state index is -6.36. The number of rotatable bonds is 1. The molecule has 2 nitrogen and oxygen atoms in total. The van der Waals surface area contributed by atoms with Crippen LogP contribution in [0.4, 0.5) is 52.7 Å². The van der Waals surface area contributed by atoms with Gasteiger partial charge in [-0.15, -0.1) is 0 Å². The van der Waals surface area contributed by atoms with Crippen LogP contribution in [0.5, 0.6) is 0 Å². The van der Waals surface area contributed by atoms with Crippen LogP contribution in [0.2, 0.25) is 0 Å². The van der Waals surface area contributed by atoms with Crippen molar-refractivity contribution in [2.45, 2.75) is 48.4 Å².